The molecule has 0 aliphatic carbocycles. The Morgan fingerprint density at radius 1 is 0.912 bits per heavy atom. The molecule has 12 heteroatoms. The van der Waals surface area contributed by atoms with Crippen molar-refractivity contribution in [2.24, 2.45) is 5.73 Å². The first-order chi connectivity index (χ1) is 16.0. The fraction of sp³-hybridized carbons (Fsp3) is 0.500. The highest BCUT2D eigenvalue weighted by Gasteiger charge is 2.29. The molecule has 0 spiro atoms. The molecule has 188 valence electrons. The van der Waals surface area contributed by atoms with Gasteiger partial charge in [0.1, 0.15) is 18.1 Å². The number of hydrogen-bond acceptors (Lipinski definition) is 7. The number of rotatable bonds is 15. The molecular weight excluding hydrogens is 464 g/mol. The molecule has 7 N–H and O–H groups in total. The maximum absolute atomic E-state index is 12.9. The molecule has 0 fully saturated rings. The quantitative estimate of drug-likeness (QED) is 0.190. The Morgan fingerprint density at radius 2 is 1.53 bits per heavy atom. The van der Waals surface area contributed by atoms with Crippen molar-refractivity contribution in [2.75, 3.05) is 12.0 Å². The number of nitrogens with one attached hydrogen (secondary N) is 3. The monoisotopic (exact) mass is 496 g/mol. The summed E-state index contributed by atoms with van der Waals surface area (Å²) < 4.78 is 0. The van der Waals surface area contributed by atoms with Crippen molar-refractivity contribution < 1.29 is 34.2 Å². The SMILES string of the molecule is CSCCC(N)C(=O)NC(C)C(=O)NC(Cc1ccccc1)C(=O)NC(CCC(=O)O)C(=O)O. The van der Waals surface area contributed by atoms with Crippen LogP contribution >= 0.6 is 11.8 Å². The van der Waals surface area contributed by atoms with Gasteiger partial charge >= 0.3 is 11.9 Å². The number of nitrogens with two attached hydrogens (primary N) is 1. The molecule has 3 amide bonds. The molecule has 0 aliphatic rings. The molecule has 0 heterocycles. The van der Waals surface area contributed by atoms with Crippen LogP contribution in [0.4, 0.5) is 0 Å². The Hall–Kier alpha value is -3.12. The summed E-state index contributed by atoms with van der Waals surface area (Å²) in [6.45, 7) is 1.44. The zero-order chi connectivity index (χ0) is 25.7. The lowest BCUT2D eigenvalue weighted by atomic mass is 10.0. The number of carbonyl (C=O) groups excluding carboxylic acids is 3. The van der Waals surface area contributed by atoms with E-state index in [4.69, 9.17) is 10.8 Å². The highest BCUT2D eigenvalue weighted by atomic mass is 32.2. The number of carboxylic acids is 2. The molecule has 0 aromatic heterocycles. The summed E-state index contributed by atoms with van der Waals surface area (Å²) in [5.74, 6) is -3.85. The van der Waals surface area contributed by atoms with Gasteiger partial charge in [0.15, 0.2) is 0 Å². The lowest BCUT2D eigenvalue weighted by molar-refractivity contribution is -0.143. The zero-order valence-electron chi connectivity index (χ0n) is 19.2. The Labute approximate surface area is 202 Å². The van der Waals surface area contributed by atoms with Crippen LogP contribution in [0, 0.1) is 0 Å². The van der Waals surface area contributed by atoms with Crippen molar-refractivity contribution in [2.45, 2.75) is 56.8 Å². The second-order valence-corrected chi connectivity index (χ2v) is 8.69. The second kappa shape index (κ2) is 14.9. The number of hydrogen-bond donors (Lipinski definition) is 6. The Morgan fingerprint density at radius 3 is 2.09 bits per heavy atom. The number of carboxylic acid groups (broad SMARTS) is 2. The molecule has 34 heavy (non-hydrogen) atoms. The van der Waals surface area contributed by atoms with Crippen LogP contribution in [-0.2, 0) is 30.4 Å². The summed E-state index contributed by atoms with van der Waals surface area (Å²) in [5.41, 5.74) is 6.52. The van der Waals surface area contributed by atoms with E-state index in [0.29, 0.717) is 17.7 Å². The van der Waals surface area contributed by atoms with Crippen molar-refractivity contribution in [1.82, 2.24) is 16.0 Å². The van der Waals surface area contributed by atoms with Gasteiger partial charge in [-0.15, -0.1) is 0 Å². The number of carbonyl (C=O) groups is 5. The van der Waals surface area contributed by atoms with Crippen LogP contribution in [0.25, 0.3) is 0 Å². The standard InChI is InChI=1S/C22H32N4O7S/c1-13(24-20(30)15(23)10-11-34-2)19(29)26-17(12-14-6-4-3-5-7-14)21(31)25-16(22(32)33)8-9-18(27)28/h3-7,13,15-17H,8-12,23H2,1-2H3,(H,24,30)(H,25,31)(H,26,29)(H,27,28)(H,32,33). The molecule has 0 saturated heterocycles. The Bertz CT molecular complexity index is 853. The molecule has 1 aromatic rings. The average Bonchev–Trinajstić information content (AvgIpc) is 2.79. The van der Waals surface area contributed by atoms with E-state index in [1.807, 2.05) is 6.26 Å². The number of benzene rings is 1. The summed E-state index contributed by atoms with van der Waals surface area (Å²) in [5, 5.41) is 25.5. The van der Waals surface area contributed by atoms with Crippen LogP contribution in [0.1, 0.15) is 31.7 Å². The first kappa shape index (κ1) is 28.9. The molecule has 11 nitrogen and oxygen atoms in total. The number of aliphatic carboxylic acids is 2. The van der Waals surface area contributed by atoms with Crippen LogP contribution in [0.3, 0.4) is 0 Å². The van der Waals surface area contributed by atoms with E-state index in [1.54, 1.807) is 30.3 Å². The molecule has 1 rings (SSSR count). The first-order valence-corrected chi connectivity index (χ1v) is 12.1. The van der Waals surface area contributed by atoms with Crippen LogP contribution in [-0.4, -0.2) is 76.0 Å². The van der Waals surface area contributed by atoms with E-state index in [9.17, 15) is 29.1 Å². The van der Waals surface area contributed by atoms with Crippen LogP contribution in [0.15, 0.2) is 30.3 Å². The van der Waals surface area contributed by atoms with Crippen LogP contribution < -0.4 is 21.7 Å². The molecular formula is C22H32N4O7S. The van der Waals surface area contributed by atoms with Gasteiger partial charge in [-0.2, -0.15) is 11.8 Å². The maximum atomic E-state index is 12.9. The Kier molecular flexibility index (Phi) is 12.7. The molecule has 0 bridgehead atoms. The minimum Gasteiger partial charge on any atom is -0.481 e. The highest BCUT2D eigenvalue weighted by Crippen LogP contribution is 2.06. The maximum Gasteiger partial charge on any atom is 0.326 e. The van der Waals surface area contributed by atoms with Gasteiger partial charge in [-0.25, -0.2) is 4.79 Å². The molecule has 4 atom stereocenters. The van der Waals surface area contributed by atoms with Gasteiger partial charge in [0, 0.05) is 12.8 Å². The minimum absolute atomic E-state index is 0.0532. The summed E-state index contributed by atoms with van der Waals surface area (Å²) in [4.78, 5) is 60.0. The third kappa shape index (κ3) is 10.7. The summed E-state index contributed by atoms with van der Waals surface area (Å²) in [6, 6.07) is 4.37. The van der Waals surface area contributed by atoms with E-state index < -0.39 is 60.2 Å². The van der Waals surface area contributed by atoms with E-state index in [2.05, 4.69) is 16.0 Å². The highest BCUT2D eigenvalue weighted by molar-refractivity contribution is 7.98. The van der Waals surface area contributed by atoms with E-state index in [0.717, 1.165) is 0 Å². The van der Waals surface area contributed by atoms with Gasteiger partial charge in [-0.3, -0.25) is 19.2 Å². The van der Waals surface area contributed by atoms with Gasteiger partial charge in [0.2, 0.25) is 17.7 Å². The average molecular weight is 497 g/mol. The first-order valence-electron chi connectivity index (χ1n) is 10.7. The van der Waals surface area contributed by atoms with Crippen molar-refractivity contribution in [1.29, 1.82) is 0 Å². The van der Waals surface area contributed by atoms with E-state index in [-0.39, 0.29) is 12.8 Å². The topological polar surface area (TPSA) is 188 Å². The lowest BCUT2D eigenvalue weighted by Gasteiger charge is -2.24. The normalized spacial score (nSPS) is 14.2. The largest absolute Gasteiger partial charge is 0.481 e. The van der Waals surface area contributed by atoms with Gasteiger partial charge < -0.3 is 31.9 Å². The zero-order valence-corrected chi connectivity index (χ0v) is 20.0. The second-order valence-electron chi connectivity index (χ2n) is 7.70. The molecule has 0 radical (unpaired) electrons. The fourth-order valence-electron chi connectivity index (χ4n) is 2.92. The van der Waals surface area contributed by atoms with Gasteiger partial charge in [0.05, 0.1) is 6.04 Å². The van der Waals surface area contributed by atoms with E-state index >= 15 is 0 Å². The summed E-state index contributed by atoms with van der Waals surface area (Å²) in [6.07, 6.45) is 1.61. The molecule has 4 unspecified atom stereocenters. The Balaban J connectivity index is 2.91. The van der Waals surface area contributed by atoms with Crippen molar-refractivity contribution in [3.05, 3.63) is 35.9 Å². The van der Waals surface area contributed by atoms with Gasteiger partial charge in [-0.05, 0) is 37.3 Å². The molecule has 0 saturated carbocycles. The summed E-state index contributed by atoms with van der Waals surface area (Å²) in [7, 11) is 0. The summed E-state index contributed by atoms with van der Waals surface area (Å²) >= 11 is 1.54. The van der Waals surface area contributed by atoms with Crippen molar-refractivity contribution in [3.63, 3.8) is 0 Å². The fourth-order valence-corrected chi connectivity index (χ4v) is 3.40. The molecule has 0 aliphatic heterocycles. The van der Waals surface area contributed by atoms with Gasteiger partial charge in [-0.1, -0.05) is 30.3 Å². The molecule has 1 aromatic carbocycles. The third-order valence-corrected chi connectivity index (χ3v) is 5.54. The van der Waals surface area contributed by atoms with Crippen LogP contribution in [0.5, 0.6) is 0 Å². The van der Waals surface area contributed by atoms with Crippen LogP contribution in [0.2, 0.25) is 0 Å². The predicted octanol–water partition coefficient (Wildman–Crippen LogP) is -0.267. The van der Waals surface area contributed by atoms with Crippen molar-refractivity contribution in [3.8, 4) is 0 Å². The minimum atomic E-state index is -1.44. The van der Waals surface area contributed by atoms with E-state index in [1.165, 1.54) is 18.7 Å². The van der Waals surface area contributed by atoms with Gasteiger partial charge in [0.25, 0.3) is 0 Å². The number of amides is 3. The van der Waals surface area contributed by atoms with Crippen molar-refractivity contribution >= 4 is 41.4 Å². The number of thioether (sulfide) groups is 1. The predicted molar refractivity (Wildman–Crippen MR) is 127 cm³/mol. The lowest BCUT2D eigenvalue weighted by Crippen LogP contribution is -2.57. The third-order valence-electron chi connectivity index (χ3n) is 4.90. The smallest absolute Gasteiger partial charge is 0.326 e.